The van der Waals surface area contributed by atoms with Crippen molar-refractivity contribution < 1.29 is 38.1 Å². The summed E-state index contributed by atoms with van der Waals surface area (Å²) in [5.74, 6) is -1.76. The molecule has 0 aromatic heterocycles. The summed E-state index contributed by atoms with van der Waals surface area (Å²) in [7, 11) is 1.37. The van der Waals surface area contributed by atoms with E-state index in [1.54, 1.807) is 6.92 Å². The van der Waals surface area contributed by atoms with Crippen molar-refractivity contribution in [2.24, 2.45) is 0 Å². The smallest absolute Gasteiger partial charge is 0.303 e. The van der Waals surface area contributed by atoms with Crippen LogP contribution in [0, 0.1) is 0 Å². The van der Waals surface area contributed by atoms with Crippen molar-refractivity contribution in [1.82, 2.24) is 0 Å². The molecule has 0 bridgehead atoms. The van der Waals surface area contributed by atoms with Crippen LogP contribution in [0.2, 0.25) is 0 Å². The normalized spacial score (nSPS) is 32.1. The lowest BCUT2D eigenvalue weighted by atomic mass is 9.99. The van der Waals surface area contributed by atoms with Crippen LogP contribution in [0.4, 0.5) is 0 Å². The Kier molecular flexibility index (Phi) is 6.10. The zero-order valence-corrected chi connectivity index (χ0v) is 12.7. The summed E-state index contributed by atoms with van der Waals surface area (Å²) in [4.78, 5) is 33.7. The van der Waals surface area contributed by atoms with Gasteiger partial charge in [0.15, 0.2) is 24.6 Å². The van der Waals surface area contributed by atoms with Crippen LogP contribution >= 0.6 is 0 Å². The molecule has 0 saturated carbocycles. The molecule has 1 fully saturated rings. The summed E-state index contributed by atoms with van der Waals surface area (Å²) >= 11 is 0. The lowest BCUT2D eigenvalue weighted by molar-refractivity contribution is -0.294. The zero-order valence-electron chi connectivity index (χ0n) is 12.7. The van der Waals surface area contributed by atoms with Crippen LogP contribution in [-0.4, -0.2) is 55.7 Å². The third-order valence-electron chi connectivity index (χ3n) is 2.87. The summed E-state index contributed by atoms with van der Waals surface area (Å²) in [5, 5.41) is 0. The summed E-state index contributed by atoms with van der Waals surface area (Å²) in [6.07, 6.45) is -4.47. The zero-order chi connectivity index (χ0) is 16.2. The third-order valence-corrected chi connectivity index (χ3v) is 2.87. The Morgan fingerprint density at radius 3 is 1.67 bits per heavy atom. The van der Waals surface area contributed by atoms with E-state index in [9.17, 15) is 14.4 Å². The largest absolute Gasteiger partial charge is 0.456 e. The quantitative estimate of drug-likeness (QED) is 0.535. The molecule has 0 N–H and O–H groups in total. The molecule has 1 aliphatic heterocycles. The van der Waals surface area contributed by atoms with Crippen LogP contribution < -0.4 is 0 Å². The van der Waals surface area contributed by atoms with Crippen molar-refractivity contribution in [3.63, 3.8) is 0 Å². The van der Waals surface area contributed by atoms with E-state index in [2.05, 4.69) is 0 Å². The summed E-state index contributed by atoms with van der Waals surface area (Å²) in [6.45, 7) is 5.27. The van der Waals surface area contributed by atoms with Gasteiger partial charge in [0.05, 0.1) is 6.10 Å². The molecule has 8 heteroatoms. The first-order valence-corrected chi connectivity index (χ1v) is 6.46. The number of carbonyl (C=O) groups is 3. The number of rotatable bonds is 4. The Balaban J connectivity index is 3.08. The number of hydrogen-bond acceptors (Lipinski definition) is 8. The van der Waals surface area contributed by atoms with Gasteiger partial charge < -0.3 is 23.7 Å². The van der Waals surface area contributed by atoms with Gasteiger partial charge >= 0.3 is 17.9 Å². The van der Waals surface area contributed by atoms with E-state index in [4.69, 9.17) is 23.7 Å². The highest BCUT2D eigenvalue weighted by Crippen LogP contribution is 2.28. The van der Waals surface area contributed by atoms with Crippen molar-refractivity contribution in [2.45, 2.75) is 58.4 Å². The maximum absolute atomic E-state index is 11.3. The van der Waals surface area contributed by atoms with E-state index in [-0.39, 0.29) is 0 Å². The maximum Gasteiger partial charge on any atom is 0.303 e. The van der Waals surface area contributed by atoms with Gasteiger partial charge in [-0.25, -0.2) is 0 Å². The Labute approximate surface area is 122 Å². The molecule has 21 heavy (non-hydrogen) atoms. The summed E-state index contributed by atoms with van der Waals surface area (Å²) in [6, 6.07) is 0. The van der Waals surface area contributed by atoms with E-state index in [0.717, 1.165) is 0 Å². The van der Waals surface area contributed by atoms with E-state index >= 15 is 0 Å². The minimum Gasteiger partial charge on any atom is -0.456 e. The van der Waals surface area contributed by atoms with Gasteiger partial charge in [-0.15, -0.1) is 0 Å². The van der Waals surface area contributed by atoms with Crippen molar-refractivity contribution >= 4 is 17.9 Å². The minimum absolute atomic E-state index is 0.565. The van der Waals surface area contributed by atoms with Gasteiger partial charge in [0, 0.05) is 27.9 Å². The second-order valence-electron chi connectivity index (χ2n) is 4.67. The molecular weight excluding hydrogens is 284 g/mol. The molecule has 1 aliphatic rings. The molecule has 0 spiro atoms. The summed E-state index contributed by atoms with van der Waals surface area (Å²) < 4.78 is 26.0. The van der Waals surface area contributed by atoms with Gasteiger partial charge in [0.25, 0.3) is 0 Å². The number of carbonyl (C=O) groups excluding carboxylic acids is 3. The standard InChI is InChI=1S/C13H20O8/c1-6-10(19-7(2)14)11(20-8(3)15)12(21-9(4)16)13(17-5)18-6/h6,10-13H,1-5H3/t6-,10-,11+,12-,13-/m0/s1. The van der Waals surface area contributed by atoms with Crippen LogP contribution in [0.1, 0.15) is 27.7 Å². The molecule has 120 valence electrons. The second kappa shape index (κ2) is 7.37. The molecule has 1 saturated heterocycles. The van der Waals surface area contributed by atoms with Gasteiger partial charge in [-0.3, -0.25) is 14.4 Å². The fourth-order valence-electron chi connectivity index (χ4n) is 2.16. The Bertz CT molecular complexity index is 407. The molecule has 0 aromatic carbocycles. The van der Waals surface area contributed by atoms with Gasteiger partial charge in [-0.2, -0.15) is 0 Å². The first kappa shape index (κ1) is 17.4. The Hall–Kier alpha value is -1.67. The lowest BCUT2D eigenvalue weighted by Crippen LogP contribution is -2.60. The predicted octanol–water partition coefficient (Wildman–Crippen LogP) is 0.173. The Morgan fingerprint density at radius 1 is 0.810 bits per heavy atom. The van der Waals surface area contributed by atoms with Crippen LogP contribution in [0.5, 0.6) is 0 Å². The predicted molar refractivity (Wildman–Crippen MR) is 68.0 cm³/mol. The molecule has 8 nitrogen and oxygen atoms in total. The lowest BCUT2D eigenvalue weighted by Gasteiger charge is -2.42. The first-order chi connectivity index (χ1) is 9.76. The topological polar surface area (TPSA) is 97.4 Å². The van der Waals surface area contributed by atoms with E-state index in [0.29, 0.717) is 0 Å². The molecule has 0 aliphatic carbocycles. The van der Waals surface area contributed by atoms with E-state index in [1.165, 1.54) is 27.9 Å². The molecular formula is C13H20O8. The highest BCUT2D eigenvalue weighted by molar-refractivity contribution is 5.68. The van der Waals surface area contributed by atoms with Crippen molar-refractivity contribution in [3.8, 4) is 0 Å². The second-order valence-corrected chi connectivity index (χ2v) is 4.67. The first-order valence-electron chi connectivity index (χ1n) is 6.46. The number of ether oxygens (including phenoxy) is 5. The third kappa shape index (κ3) is 4.68. The van der Waals surface area contributed by atoms with Gasteiger partial charge in [-0.1, -0.05) is 0 Å². The summed E-state index contributed by atoms with van der Waals surface area (Å²) in [5.41, 5.74) is 0. The monoisotopic (exact) mass is 304 g/mol. The van der Waals surface area contributed by atoms with E-state index < -0.39 is 48.6 Å². The van der Waals surface area contributed by atoms with Gasteiger partial charge in [0.1, 0.15) is 0 Å². The number of methoxy groups -OCH3 is 1. The van der Waals surface area contributed by atoms with Crippen molar-refractivity contribution in [2.75, 3.05) is 7.11 Å². The average molecular weight is 304 g/mol. The molecule has 1 heterocycles. The molecule has 0 radical (unpaired) electrons. The maximum atomic E-state index is 11.3. The van der Waals surface area contributed by atoms with Crippen LogP contribution in [0.15, 0.2) is 0 Å². The number of esters is 3. The molecule has 1 rings (SSSR count). The minimum atomic E-state index is -1.03. The molecule has 0 aromatic rings. The molecule has 0 amide bonds. The highest BCUT2D eigenvalue weighted by atomic mass is 16.7. The molecule has 5 atom stereocenters. The fourth-order valence-corrected chi connectivity index (χ4v) is 2.16. The number of hydrogen-bond donors (Lipinski definition) is 0. The van der Waals surface area contributed by atoms with E-state index in [1.807, 2.05) is 0 Å². The van der Waals surface area contributed by atoms with Crippen molar-refractivity contribution in [1.29, 1.82) is 0 Å². The SMILES string of the molecule is CO[C@H]1O[C@@H](C)[C@H](OC(C)=O)[C@@H](OC(C)=O)[C@@H]1OC(C)=O. The Morgan fingerprint density at radius 2 is 1.24 bits per heavy atom. The molecule has 0 unspecified atom stereocenters. The van der Waals surface area contributed by atoms with Crippen LogP contribution in [0.3, 0.4) is 0 Å². The van der Waals surface area contributed by atoms with Gasteiger partial charge in [-0.05, 0) is 6.92 Å². The average Bonchev–Trinajstić information content (AvgIpc) is 2.35. The van der Waals surface area contributed by atoms with Crippen molar-refractivity contribution in [3.05, 3.63) is 0 Å². The van der Waals surface area contributed by atoms with Gasteiger partial charge in [0.2, 0.25) is 0 Å². The van der Waals surface area contributed by atoms with Crippen LogP contribution in [-0.2, 0) is 38.1 Å². The van der Waals surface area contributed by atoms with Crippen LogP contribution in [0.25, 0.3) is 0 Å². The fraction of sp³-hybridized carbons (Fsp3) is 0.769. The highest BCUT2D eigenvalue weighted by Gasteiger charge is 2.50.